The molecule has 2 saturated heterocycles. The van der Waals surface area contributed by atoms with E-state index in [1.807, 2.05) is 30.3 Å². The maximum atomic E-state index is 11.6. The van der Waals surface area contributed by atoms with Crippen molar-refractivity contribution in [3.63, 3.8) is 0 Å². The lowest BCUT2D eigenvalue weighted by molar-refractivity contribution is -0.119. The van der Waals surface area contributed by atoms with Gasteiger partial charge in [-0.25, -0.2) is 9.97 Å². The molecule has 2 aliphatic rings. The zero-order valence-electron chi connectivity index (χ0n) is 14.8. The van der Waals surface area contributed by atoms with E-state index in [9.17, 15) is 4.79 Å². The van der Waals surface area contributed by atoms with Gasteiger partial charge in [-0.15, -0.1) is 0 Å². The summed E-state index contributed by atoms with van der Waals surface area (Å²) >= 11 is 6.42. The van der Waals surface area contributed by atoms with Gasteiger partial charge in [-0.3, -0.25) is 4.79 Å². The summed E-state index contributed by atoms with van der Waals surface area (Å²) in [5.74, 6) is 1.84. The summed E-state index contributed by atoms with van der Waals surface area (Å²) in [6.07, 6.45) is 4.34. The average molecular weight is 382 g/mol. The number of fused-ring (bicyclic) bond motifs is 1. The van der Waals surface area contributed by atoms with Crippen molar-refractivity contribution >= 4 is 34.4 Å². The number of benzene rings is 1. The SMILES string of the molecule is O=C1CC2(CCN(c3cc(-c4nc5ccccc5[nH]4)c(Cl)cn3)CC2)CN1. The lowest BCUT2D eigenvalue weighted by Gasteiger charge is -2.38. The summed E-state index contributed by atoms with van der Waals surface area (Å²) < 4.78 is 0. The first-order chi connectivity index (χ1) is 13.1. The summed E-state index contributed by atoms with van der Waals surface area (Å²) in [4.78, 5) is 26.4. The predicted octanol–water partition coefficient (Wildman–Crippen LogP) is 3.38. The van der Waals surface area contributed by atoms with Crippen molar-refractivity contribution < 1.29 is 4.79 Å². The number of rotatable bonds is 2. The van der Waals surface area contributed by atoms with Crippen LogP contribution < -0.4 is 10.2 Å². The highest BCUT2D eigenvalue weighted by Gasteiger charge is 2.41. The molecule has 2 aliphatic heterocycles. The van der Waals surface area contributed by atoms with Gasteiger partial charge in [0.25, 0.3) is 0 Å². The molecule has 0 saturated carbocycles. The Morgan fingerprint density at radius 3 is 2.74 bits per heavy atom. The second-order valence-corrected chi connectivity index (χ2v) is 7.97. The standard InChI is InChI=1S/C20H20ClN5O/c21-14-11-22-17(26-7-5-20(6-8-26)10-18(27)23-12-20)9-13(14)19-24-15-3-1-2-4-16(15)25-19/h1-4,9,11H,5-8,10,12H2,(H,23,27)(H,24,25). The number of hydrogen-bond acceptors (Lipinski definition) is 4. The van der Waals surface area contributed by atoms with Gasteiger partial charge in [-0.1, -0.05) is 23.7 Å². The predicted molar refractivity (Wildman–Crippen MR) is 106 cm³/mol. The van der Waals surface area contributed by atoms with E-state index in [-0.39, 0.29) is 11.3 Å². The van der Waals surface area contributed by atoms with Gasteiger partial charge in [0.2, 0.25) is 5.91 Å². The van der Waals surface area contributed by atoms with E-state index in [0.717, 1.165) is 60.7 Å². The lowest BCUT2D eigenvalue weighted by Crippen LogP contribution is -2.41. The molecule has 2 fully saturated rings. The molecule has 0 radical (unpaired) electrons. The zero-order chi connectivity index (χ0) is 18.4. The van der Waals surface area contributed by atoms with Crippen LogP contribution in [0.5, 0.6) is 0 Å². The molecule has 2 aromatic heterocycles. The first-order valence-electron chi connectivity index (χ1n) is 9.24. The van der Waals surface area contributed by atoms with Gasteiger partial charge in [0, 0.05) is 37.8 Å². The molecule has 1 amide bonds. The van der Waals surface area contributed by atoms with Crippen molar-refractivity contribution in [2.75, 3.05) is 24.5 Å². The van der Waals surface area contributed by atoms with Crippen LogP contribution in [0, 0.1) is 5.41 Å². The van der Waals surface area contributed by atoms with Crippen molar-refractivity contribution in [2.45, 2.75) is 19.3 Å². The van der Waals surface area contributed by atoms with Crippen LogP contribution in [0.15, 0.2) is 36.5 Å². The molecule has 5 rings (SSSR count). The molecule has 6 nitrogen and oxygen atoms in total. The second-order valence-electron chi connectivity index (χ2n) is 7.57. The number of halogens is 1. The van der Waals surface area contributed by atoms with Crippen LogP contribution in [0.4, 0.5) is 5.82 Å². The maximum absolute atomic E-state index is 11.6. The molecule has 1 aromatic carbocycles. The topological polar surface area (TPSA) is 73.9 Å². The van der Waals surface area contributed by atoms with Crippen molar-refractivity contribution in [3.05, 3.63) is 41.6 Å². The van der Waals surface area contributed by atoms with E-state index in [4.69, 9.17) is 11.6 Å². The third kappa shape index (κ3) is 2.94. The number of carbonyl (C=O) groups excluding carboxylic acids is 1. The van der Waals surface area contributed by atoms with Crippen molar-refractivity contribution in [2.24, 2.45) is 5.41 Å². The quantitative estimate of drug-likeness (QED) is 0.713. The molecule has 0 atom stereocenters. The van der Waals surface area contributed by atoms with Crippen LogP contribution in [0.25, 0.3) is 22.4 Å². The second kappa shape index (κ2) is 6.23. The monoisotopic (exact) mass is 381 g/mol. The number of H-pyrrole nitrogens is 1. The number of pyridine rings is 1. The molecule has 1 spiro atoms. The minimum absolute atomic E-state index is 0.127. The molecule has 27 heavy (non-hydrogen) atoms. The van der Waals surface area contributed by atoms with Gasteiger partial charge in [-0.2, -0.15) is 0 Å². The van der Waals surface area contributed by atoms with Gasteiger partial charge < -0.3 is 15.2 Å². The fraction of sp³-hybridized carbons (Fsp3) is 0.350. The molecule has 0 unspecified atom stereocenters. The number of anilines is 1. The number of aromatic amines is 1. The summed E-state index contributed by atoms with van der Waals surface area (Å²) in [5.41, 5.74) is 2.89. The molecule has 7 heteroatoms. The van der Waals surface area contributed by atoms with Crippen LogP contribution in [0.2, 0.25) is 5.02 Å². The van der Waals surface area contributed by atoms with E-state index in [0.29, 0.717) is 11.4 Å². The fourth-order valence-electron chi connectivity index (χ4n) is 4.18. The van der Waals surface area contributed by atoms with Crippen LogP contribution in [0.3, 0.4) is 0 Å². The highest BCUT2D eigenvalue weighted by atomic mass is 35.5. The van der Waals surface area contributed by atoms with Crippen LogP contribution >= 0.6 is 11.6 Å². The van der Waals surface area contributed by atoms with Crippen LogP contribution in [-0.4, -0.2) is 40.5 Å². The van der Waals surface area contributed by atoms with Gasteiger partial charge in [0.1, 0.15) is 11.6 Å². The van der Waals surface area contributed by atoms with Crippen molar-refractivity contribution in [1.82, 2.24) is 20.3 Å². The number of aromatic nitrogens is 3. The number of nitrogens with one attached hydrogen (secondary N) is 2. The largest absolute Gasteiger partial charge is 0.357 e. The third-order valence-electron chi connectivity index (χ3n) is 5.83. The smallest absolute Gasteiger partial charge is 0.220 e. The molecular weight excluding hydrogens is 362 g/mol. The number of carbonyl (C=O) groups is 1. The molecule has 138 valence electrons. The van der Waals surface area contributed by atoms with Gasteiger partial charge in [-0.05, 0) is 36.5 Å². The van der Waals surface area contributed by atoms with Crippen LogP contribution in [-0.2, 0) is 4.79 Å². The number of piperidine rings is 1. The van der Waals surface area contributed by atoms with E-state index in [2.05, 4.69) is 25.2 Å². The maximum Gasteiger partial charge on any atom is 0.220 e. The minimum atomic E-state index is 0.127. The highest BCUT2D eigenvalue weighted by Crippen LogP contribution is 2.39. The summed E-state index contributed by atoms with van der Waals surface area (Å²) in [5, 5.41) is 3.56. The first kappa shape index (κ1) is 16.6. The lowest BCUT2D eigenvalue weighted by atomic mass is 9.77. The Morgan fingerprint density at radius 2 is 2.00 bits per heavy atom. The zero-order valence-corrected chi connectivity index (χ0v) is 15.6. The number of imidazole rings is 1. The van der Waals surface area contributed by atoms with Crippen LogP contribution in [0.1, 0.15) is 19.3 Å². The van der Waals surface area contributed by atoms with E-state index < -0.39 is 0 Å². The van der Waals surface area contributed by atoms with Gasteiger partial charge in [0.15, 0.2) is 0 Å². The van der Waals surface area contributed by atoms with Crippen molar-refractivity contribution in [3.8, 4) is 11.4 Å². The van der Waals surface area contributed by atoms with Gasteiger partial charge >= 0.3 is 0 Å². The Morgan fingerprint density at radius 1 is 1.19 bits per heavy atom. The number of hydrogen-bond donors (Lipinski definition) is 2. The summed E-state index contributed by atoms with van der Waals surface area (Å²) in [6, 6.07) is 9.94. The summed E-state index contributed by atoms with van der Waals surface area (Å²) in [7, 11) is 0. The number of nitrogens with zero attached hydrogens (tertiary/aromatic N) is 3. The molecule has 4 heterocycles. The number of amides is 1. The average Bonchev–Trinajstić information content (AvgIpc) is 3.26. The Hall–Kier alpha value is -2.60. The Labute approximate surface area is 162 Å². The minimum Gasteiger partial charge on any atom is -0.357 e. The molecule has 2 N–H and O–H groups in total. The Bertz CT molecular complexity index is 989. The Kier molecular flexibility index (Phi) is 3.82. The number of para-hydroxylation sites is 2. The van der Waals surface area contributed by atoms with E-state index in [1.165, 1.54) is 0 Å². The van der Waals surface area contributed by atoms with E-state index >= 15 is 0 Å². The molecule has 0 aliphatic carbocycles. The normalized spacial score (nSPS) is 19.0. The Balaban J connectivity index is 1.42. The van der Waals surface area contributed by atoms with E-state index in [1.54, 1.807) is 6.20 Å². The van der Waals surface area contributed by atoms with Crippen molar-refractivity contribution in [1.29, 1.82) is 0 Å². The molecule has 3 aromatic rings. The fourth-order valence-corrected chi connectivity index (χ4v) is 4.37. The van der Waals surface area contributed by atoms with Gasteiger partial charge in [0.05, 0.1) is 16.1 Å². The molecule has 0 bridgehead atoms. The highest BCUT2D eigenvalue weighted by molar-refractivity contribution is 6.33. The first-order valence-corrected chi connectivity index (χ1v) is 9.62. The summed E-state index contributed by atoms with van der Waals surface area (Å²) in [6.45, 7) is 2.59. The third-order valence-corrected chi connectivity index (χ3v) is 6.13. The molecular formula is C20H20ClN5O.